The third-order valence-electron chi connectivity index (χ3n) is 2.71. The van der Waals surface area contributed by atoms with Gasteiger partial charge in [-0.05, 0) is 30.8 Å². The summed E-state index contributed by atoms with van der Waals surface area (Å²) < 4.78 is 17.2. The first kappa shape index (κ1) is 29.3. The summed E-state index contributed by atoms with van der Waals surface area (Å²) in [5.74, 6) is 5.12. The van der Waals surface area contributed by atoms with Crippen LogP contribution in [0.5, 0.6) is 0 Å². The Hall–Kier alpha value is -0.710. The molecule has 0 aromatic rings. The zero-order chi connectivity index (χ0) is 18.6. The summed E-state index contributed by atoms with van der Waals surface area (Å²) in [6.45, 7) is 20.3. The Balaban J connectivity index is -0.000000134. The molecule has 0 bridgehead atoms. The SMILES string of the molecule is C=C(CF)CC(C)(CC)COC.C=CC.CC.CCN(C)N. The summed E-state index contributed by atoms with van der Waals surface area (Å²) >= 11 is 0. The second-order valence-electron chi connectivity index (χ2n) is 5.14. The van der Waals surface area contributed by atoms with Crippen LogP contribution in [-0.2, 0) is 4.74 Å². The number of hydrogen-bond acceptors (Lipinski definition) is 3. The van der Waals surface area contributed by atoms with Gasteiger partial charge in [0.15, 0.2) is 0 Å². The second-order valence-corrected chi connectivity index (χ2v) is 5.14. The molecule has 0 saturated carbocycles. The highest BCUT2D eigenvalue weighted by atomic mass is 19.1. The summed E-state index contributed by atoms with van der Waals surface area (Å²) in [6, 6.07) is 0. The van der Waals surface area contributed by atoms with Crippen molar-refractivity contribution in [2.75, 3.05) is 34.0 Å². The minimum Gasteiger partial charge on any atom is -0.384 e. The van der Waals surface area contributed by atoms with E-state index in [1.807, 2.05) is 34.7 Å². The molecular weight excluding hydrogens is 279 g/mol. The highest BCUT2D eigenvalue weighted by Gasteiger charge is 2.22. The molecule has 0 rings (SSSR count). The van der Waals surface area contributed by atoms with Gasteiger partial charge in [0.1, 0.15) is 6.67 Å². The van der Waals surface area contributed by atoms with Gasteiger partial charge in [-0.15, -0.1) is 6.58 Å². The van der Waals surface area contributed by atoms with Crippen molar-refractivity contribution in [3.05, 3.63) is 24.8 Å². The van der Waals surface area contributed by atoms with Gasteiger partial charge in [0.2, 0.25) is 0 Å². The van der Waals surface area contributed by atoms with Gasteiger partial charge in [0, 0.05) is 20.7 Å². The van der Waals surface area contributed by atoms with Crippen molar-refractivity contribution in [3.63, 3.8) is 0 Å². The van der Waals surface area contributed by atoms with Gasteiger partial charge >= 0.3 is 0 Å². The number of allylic oxidation sites excluding steroid dienone is 2. The molecule has 2 N–H and O–H groups in total. The van der Waals surface area contributed by atoms with Gasteiger partial charge in [-0.3, -0.25) is 10.9 Å². The van der Waals surface area contributed by atoms with E-state index in [2.05, 4.69) is 27.0 Å². The van der Waals surface area contributed by atoms with Crippen molar-refractivity contribution in [2.45, 2.75) is 54.4 Å². The number of hydrazine groups is 1. The number of nitrogens with zero attached hydrogens (tertiary/aromatic N) is 1. The molecular formula is C18H41FN2O. The number of ether oxygens (including phenoxy) is 1. The predicted octanol–water partition coefficient (Wildman–Crippen LogP) is 5.00. The summed E-state index contributed by atoms with van der Waals surface area (Å²) in [7, 11) is 3.51. The van der Waals surface area contributed by atoms with Crippen LogP contribution in [-0.4, -0.2) is 39.0 Å². The minimum atomic E-state index is -0.417. The lowest BCUT2D eigenvalue weighted by molar-refractivity contribution is 0.0879. The third-order valence-corrected chi connectivity index (χ3v) is 2.71. The number of halogens is 1. The lowest BCUT2D eigenvalue weighted by atomic mass is 9.82. The van der Waals surface area contributed by atoms with Crippen LogP contribution in [0.25, 0.3) is 0 Å². The molecule has 136 valence electrons. The monoisotopic (exact) mass is 320 g/mol. The molecule has 22 heavy (non-hydrogen) atoms. The molecule has 0 aliphatic rings. The first-order valence-corrected chi connectivity index (χ1v) is 8.01. The molecule has 0 aromatic carbocycles. The smallest absolute Gasteiger partial charge is 0.110 e. The molecule has 0 aromatic heterocycles. The lowest BCUT2D eigenvalue weighted by Crippen LogP contribution is -2.24. The molecule has 0 radical (unpaired) electrons. The zero-order valence-corrected chi connectivity index (χ0v) is 16.3. The molecule has 1 unspecified atom stereocenters. The normalized spacial score (nSPS) is 11.6. The van der Waals surface area contributed by atoms with Gasteiger partial charge in [0.05, 0.1) is 6.61 Å². The molecule has 3 nitrogen and oxygen atoms in total. The number of nitrogens with two attached hydrogens (primary N) is 1. The molecule has 0 spiro atoms. The fraction of sp³-hybridized carbons (Fsp3) is 0.778. The Bertz CT molecular complexity index is 233. The van der Waals surface area contributed by atoms with Gasteiger partial charge in [0.25, 0.3) is 0 Å². The van der Waals surface area contributed by atoms with Crippen LogP contribution in [0.15, 0.2) is 24.8 Å². The Kier molecular flexibility index (Phi) is 30.1. The van der Waals surface area contributed by atoms with Crippen LogP contribution in [0, 0.1) is 5.41 Å². The Morgan fingerprint density at radius 1 is 1.36 bits per heavy atom. The van der Waals surface area contributed by atoms with Crippen molar-refractivity contribution in [1.82, 2.24) is 5.01 Å². The van der Waals surface area contributed by atoms with Gasteiger partial charge in [-0.1, -0.05) is 47.3 Å². The van der Waals surface area contributed by atoms with Crippen molar-refractivity contribution >= 4 is 0 Å². The van der Waals surface area contributed by atoms with E-state index < -0.39 is 6.67 Å². The van der Waals surface area contributed by atoms with Crippen molar-refractivity contribution in [2.24, 2.45) is 11.3 Å². The minimum absolute atomic E-state index is 0.0535. The average molecular weight is 321 g/mol. The van der Waals surface area contributed by atoms with Gasteiger partial charge < -0.3 is 4.74 Å². The molecule has 0 fully saturated rings. The maximum Gasteiger partial charge on any atom is 0.110 e. The van der Waals surface area contributed by atoms with Crippen LogP contribution in [0.4, 0.5) is 4.39 Å². The van der Waals surface area contributed by atoms with E-state index in [-0.39, 0.29) is 5.41 Å². The molecule has 4 heteroatoms. The van der Waals surface area contributed by atoms with E-state index in [9.17, 15) is 4.39 Å². The third kappa shape index (κ3) is 27.6. The van der Waals surface area contributed by atoms with Gasteiger partial charge in [-0.2, -0.15) is 0 Å². The molecule has 0 saturated heterocycles. The van der Waals surface area contributed by atoms with E-state index in [0.717, 1.165) is 13.0 Å². The number of rotatable bonds is 7. The lowest BCUT2D eigenvalue weighted by Gasteiger charge is -2.27. The van der Waals surface area contributed by atoms with Crippen LogP contribution in [0.3, 0.4) is 0 Å². The topological polar surface area (TPSA) is 38.5 Å². The number of methoxy groups -OCH3 is 1. The maximum absolute atomic E-state index is 12.2. The van der Waals surface area contributed by atoms with Crippen molar-refractivity contribution in [3.8, 4) is 0 Å². The van der Waals surface area contributed by atoms with E-state index in [1.165, 1.54) is 0 Å². The van der Waals surface area contributed by atoms with Crippen LogP contribution in [0.1, 0.15) is 54.4 Å². The number of hydrogen-bond donors (Lipinski definition) is 1. The van der Waals surface area contributed by atoms with Crippen molar-refractivity contribution in [1.29, 1.82) is 0 Å². The number of alkyl halides is 1. The maximum atomic E-state index is 12.2. The fourth-order valence-corrected chi connectivity index (χ4v) is 1.28. The first-order valence-electron chi connectivity index (χ1n) is 8.01. The van der Waals surface area contributed by atoms with E-state index >= 15 is 0 Å². The summed E-state index contributed by atoms with van der Waals surface area (Å²) in [5.41, 5.74) is 0.717. The van der Waals surface area contributed by atoms with Gasteiger partial charge in [-0.25, -0.2) is 4.39 Å². The second kappa shape index (κ2) is 22.6. The highest BCUT2D eigenvalue weighted by molar-refractivity contribution is 4.99. The fourth-order valence-electron chi connectivity index (χ4n) is 1.28. The Morgan fingerprint density at radius 2 is 1.73 bits per heavy atom. The van der Waals surface area contributed by atoms with Crippen LogP contribution < -0.4 is 5.84 Å². The highest BCUT2D eigenvalue weighted by Crippen LogP contribution is 2.29. The van der Waals surface area contributed by atoms with Crippen LogP contribution in [0.2, 0.25) is 0 Å². The largest absolute Gasteiger partial charge is 0.384 e. The summed E-state index contributed by atoms with van der Waals surface area (Å²) in [5, 5.41) is 1.62. The molecule has 0 heterocycles. The molecule has 0 amide bonds. The predicted molar refractivity (Wildman–Crippen MR) is 99.7 cm³/mol. The molecule has 0 aliphatic carbocycles. The first-order chi connectivity index (χ1) is 10.3. The van der Waals surface area contributed by atoms with Crippen LogP contribution >= 0.6 is 0 Å². The van der Waals surface area contributed by atoms with E-state index in [1.54, 1.807) is 18.2 Å². The van der Waals surface area contributed by atoms with Crippen molar-refractivity contribution < 1.29 is 9.13 Å². The molecule has 0 aliphatic heterocycles. The Labute approximate surface area is 139 Å². The summed E-state index contributed by atoms with van der Waals surface area (Å²) in [4.78, 5) is 0. The average Bonchev–Trinajstić information content (AvgIpc) is 2.50. The van der Waals surface area contributed by atoms with E-state index in [0.29, 0.717) is 18.6 Å². The zero-order valence-electron chi connectivity index (χ0n) is 16.3. The van der Waals surface area contributed by atoms with E-state index in [4.69, 9.17) is 10.6 Å². The summed E-state index contributed by atoms with van der Waals surface area (Å²) in [6.07, 6.45) is 3.45. The molecule has 1 atom stereocenters. The Morgan fingerprint density at radius 3 is 1.91 bits per heavy atom. The standard InChI is InChI=1S/C10H19FO.C3H10N2.C3H6.C2H6/c1-5-10(3,8-12-4)6-9(2)7-11;1-3-5(2)4;1-3-2;1-2/h2,5-8H2,1,3-4H3;3-4H2,1-2H3;3H,1H2,2H3;1-2H3. The quantitative estimate of drug-likeness (QED) is 0.408.